The summed E-state index contributed by atoms with van der Waals surface area (Å²) in [7, 11) is 0. The predicted molar refractivity (Wildman–Crippen MR) is 57.0 cm³/mol. The first-order valence-electron chi connectivity index (χ1n) is 5.13. The minimum absolute atomic E-state index is 0.461. The fourth-order valence-electron chi connectivity index (χ4n) is 1.44. The number of carbonyl (C=O) groups is 2. The molecule has 1 aliphatic rings. The molecule has 0 spiro atoms. The zero-order valence-corrected chi connectivity index (χ0v) is 9.09. The number of rotatable bonds is 3. The Labute approximate surface area is 93.5 Å². The molecule has 1 heterocycles. The molecule has 0 unspecified atom stereocenters. The molecule has 16 heavy (non-hydrogen) atoms. The molecule has 1 aliphatic heterocycles. The molecule has 0 saturated heterocycles. The zero-order chi connectivity index (χ0) is 12.1. The molecular weight excluding hydrogens is 212 g/mol. The van der Waals surface area contributed by atoms with Gasteiger partial charge in [-0.1, -0.05) is 12.2 Å². The van der Waals surface area contributed by atoms with Crippen LogP contribution in [0.25, 0.3) is 0 Å². The molecule has 0 aromatic heterocycles. The number of amides is 2. The third-order valence-corrected chi connectivity index (χ3v) is 2.37. The minimum atomic E-state index is -1.27. The first-order chi connectivity index (χ1) is 7.52. The van der Waals surface area contributed by atoms with Crippen LogP contribution in [-0.4, -0.2) is 52.3 Å². The number of carboxylic acids is 1. The maximum Gasteiger partial charge on any atom is 0.328 e. The Bertz CT molecular complexity index is 301. The van der Waals surface area contributed by atoms with E-state index in [0.717, 1.165) is 6.42 Å². The topological polar surface area (TPSA) is 89.9 Å². The van der Waals surface area contributed by atoms with Gasteiger partial charge in [0.2, 0.25) is 0 Å². The Hall–Kier alpha value is -1.56. The Morgan fingerprint density at radius 1 is 1.44 bits per heavy atom. The molecule has 0 aromatic carbocycles. The van der Waals surface area contributed by atoms with Gasteiger partial charge in [0, 0.05) is 13.1 Å². The lowest BCUT2D eigenvalue weighted by Gasteiger charge is -2.26. The summed E-state index contributed by atoms with van der Waals surface area (Å²) in [6, 6.07) is -1.73. The standard InChI is InChI=1S/C10H16N2O4/c1-7(13)8(9(14)15)11-10(16)12-5-3-2-4-6-12/h2-3,7-8,13H,4-6H2,1H3,(H,11,16)(H,14,15)/t7-,8+/m1/s1. The third kappa shape index (κ3) is 3.23. The molecule has 1 rings (SSSR count). The number of aliphatic hydroxyl groups excluding tert-OH is 1. The van der Waals surface area contributed by atoms with Crippen molar-refractivity contribution in [2.45, 2.75) is 25.5 Å². The average Bonchev–Trinajstić information content (AvgIpc) is 2.25. The van der Waals surface area contributed by atoms with Crippen LogP contribution in [0.3, 0.4) is 0 Å². The van der Waals surface area contributed by atoms with E-state index < -0.39 is 24.1 Å². The van der Waals surface area contributed by atoms with Gasteiger partial charge in [-0.15, -0.1) is 0 Å². The van der Waals surface area contributed by atoms with Crippen molar-refractivity contribution >= 4 is 12.0 Å². The second-order valence-corrected chi connectivity index (χ2v) is 3.71. The van der Waals surface area contributed by atoms with E-state index in [-0.39, 0.29) is 0 Å². The molecule has 0 bridgehead atoms. The lowest BCUT2D eigenvalue weighted by molar-refractivity contribution is -0.141. The molecule has 2 atom stereocenters. The summed E-state index contributed by atoms with van der Waals surface area (Å²) in [4.78, 5) is 23.9. The number of urea groups is 1. The van der Waals surface area contributed by atoms with Crippen LogP contribution in [0.4, 0.5) is 4.79 Å². The number of aliphatic carboxylic acids is 1. The van der Waals surface area contributed by atoms with Gasteiger partial charge in [-0.05, 0) is 13.3 Å². The molecule has 2 amide bonds. The quantitative estimate of drug-likeness (QED) is 0.583. The summed E-state index contributed by atoms with van der Waals surface area (Å²) in [5.74, 6) is -1.24. The number of carboxylic acid groups (broad SMARTS) is 1. The normalized spacial score (nSPS) is 19.0. The number of nitrogens with zero attached hydrogens (tertiary/aromatic N) is 1. The van der Waals surface area contributed by atoms with E-state index in [2.05, 4.69) is 5.32 Å². The number of carbonyl (C=O) groups excluding carboxylic acids is 1. The Balaban J connectivity index is 2.54. The smallest absolute Gasteiger partial charge is 0.328 e. The van der Waals surface area contributed by atoms with Crippen molar-refractivity contribution in [3.05, 3.63) is 12.2 Å². The van der Waals surface area contributed by atoms with Gasteiger partial charge in [0.15, 0.2) is 6.04 Å². The van der Waals surface area contributed by atoms with Gasteiger partial charge in [-0.2, -0.15) is 0 Å². The molecular formula is C10H16N2O4. The van der Waals surface area contributed by atoms with Crippen LogP contribution in [0, 0.1) is 0 Å². The van der Waals surface area contributed by atoms with Crippen molar-refractivity contribution in [3.63, 3.8) is 0 Å². The monoisotopic (exact) mass is 228 g/mol. The summed E-state index contributed by atoms with van der Waals surface area (Å²) in [6.45, 7) is 2.36. The highest BCUT2D eigenvalue weighted by atomic mass is 16.4. The maximum absolute atomic E-state index is 11.6. The summed E-state index contributed by atoms with van der Waals surface area (Å²) in [6.07, 6.45) is 3.45. The highest BCUT2D eigenvalue weighted by Gasteiger charge is 2.27. The first-order valence-corrected chi connectivity index (χ1v) is 5.13. The van der Waals surface area contributed by atoms with Gasteiger partial charge in [0.05, 0.1) is 6.10 Å². The fourth-order valence-corrected chi connectivity index (χ4v) is 1.44. The van der Waals surface area contributed by atoms with E-state index in [9.17, 15) is 14.7 Å². The van der Waals surface area contributed by atoms with E-state index in [1.165, 1.54) is 11.8 Å². The summed E-state index contributed by atoms with van der Waals surface area (Å²) in [5.41, 5.74) is 0. The van der Waals surface area contributed by atoms with E-state index in [1.807, 2.05) is 12.2 Å². The molecule has 3 N–H and O–H groups in total. The van der Waals surface area contributed by atoms with E-state index in [0.29, 0.717) is 13.1 Å². The number of hydrogen-bond donors (Lipinski definition) is 3. The second-order valence-electron chi connectivity index (χ2n) is 3.71. The Kier molecular flexibility index (Phi) is 4.30. The van der Waals surface area contributed by atoms with Crippen LogP contribution in [0.5, 0.6) is 0 Å². The van der Waals surface area contributed by atoms with E-state index >= 15 is 0 Å². The summed E-state index contributed by atoms with van der Waals surface area (Å²) >= 11 is 0. The number of hydrogen-bond acceptors (Lipinski definition) is 3. The van der Waals surface area contributed by atoms with Crippen molar-refractivity contribution in [3.8, 4) is 0 Å². The first kappa shape index (κ1) is 12.5. The van der Waals surface area contributed by atoms with Gasteiger partial charge in [0.1, 0.15) is 0 Å². The Morgan fingerprint density at radius 2 is 2.12 bits per heavy atom. The van der Waals surface area contributed by atoms with E-state index in [4.69, 9.17) is 5.11 Å². The van der Waals surface area contributed by atoms with Crippen LogP contribution in [-0.2, 0) is 4.79 Å². The minimum Gasteiger partial charge on any atom is -0.480 e. The lowest BCUT2D eigenvalue weighted by Crippen LogP contribution is -2.52. The van der Waals surface area contributed by atoms with Crippen LogP contribution in [0.15, 0.2) is 12.2 Å². The molecule has 0 fully saturated rings. The second kappa shape index (κ2) is 5.50. The molecule has 6 nitrogen and oxygen atoms in total. The molecule has 90 valence electrons. The highest BCUT2D eigenvalue weighted by Crippen LogP contribution is 2.02. The zero-order valence-electron chi connectivity index (χ0n) is 9.09. The van der Waals surface area contributed by atoms with Crippen molar-refractivity contribution in [2.75, 3.05) is 13.1 Å². The van der Waals surface area contributed by atoms with Crippen molar-refractivity contribution in [1.29, 1.82) is 0 Å². The van der Waals surface area contributed by atoms with Crippen LogP contribution in [0.2, 0.25) is 0 Å². The highest BCUT2D eigenvalue weighted by molar-refractivity contribution is 5.83. The van der Waals surface area contributed by atoms with Gasteiger partial charge in [0.25, 0.3) is 0 Å². The number of aliphatic hydroxyl groups is 1. The molecule has 0 aliphatic carbocycles. The van der Waals surface area contributed by atoms with Crippen LogP contribution in [0.1, 0.15) is 13.3 Å². The summed E-state index contributed by atoms with van der Waals surface area (Å²) < 4.78 is 0. The third-order valence-electron chi connectivity index (χ3n) is 2.37. The van der Waals surface area contributed by atoms with Gasteiger partial charge < -0.3 is 20.4 Å². The van der Waals surface area contributed by atoms with Gasteiger partial charge in [-0.3, -0.25) is 0 Å². The maximum atomic E-state index is 11.6. The van der Waals surface area contributed by atoms with Crippen LogP contribution < -0.4 is 5.32 Å². The van der Waals surface area contributed by atoms with Gasteiger partial charge in [-0.25, -0.2) is 9.59 Å². The van der Waals surface area contributed by atoms with Crippen molar-refractivity contribution in [1.82, 2.24) is 10.2 Å². The van der Waals surface area contributed by atoms with Crippen molar-refractivity contribution in [2.24, 2.45) is 0 Å². The Morgan fingerprint density at radius 3 is 2.56 bits per heavy atom. The SMILES string of the molecule is C[C@@H](O)[C@H](NC(=O)N1CC=CCC1)C(=O)O. The number of nitrogens with one attached hydrogen (secondary N) is 1. The fraction of sp³-hybridized carbons (Fsp3) is 0.600. The largest absolute Gasteiger partial charge is 0.480 e. The van der Waals surface area contributed by atoms with Crippen LogP contribution >= 0.6 is 0 Å². The lowest BCUT2D eigenvalue weighted by atomic mass is 10.2. The van der Waals surface area contributed by atoms with E-state index in [1.54, 1.807) is 0 Å². The predicted octanol–water partition coefficient (Wildman–Crippen LogP) is -0.208. The molecule has 0 aromatic rings. The van der Waals surface area contributed by atoms with Gasteiger partial charge >= 0.3 is 12.0 Å². The molecule has 6 heteroatoms. The molecule has 0 radical (unpaired) electrons. The molecule has 0 saturated carbocycles. The summed E-state index contributed by atoms with van der Waals surface area (Å²) in [5, 5.41) is 20.3. The average molecular weight is 228 g/mol. The van der Waals surface area contributed by atoms with Crippen molar-refractivity contribution < 1.29 is 19.8 Å².